The molecule has 0 fully saturated rings. The minimum absolute atomic E-state index is 0.794. The third kappa shape index (κ3) is 1.49. The Morgan fingerprint density at radius 2 is 2.23 bits per heavy atom. The van der Waals surface area contributed by atoms with Crippen LogP contribution in [0.2, 0.25) is 0 Å². The molecule has 2 rings (SSSR count). The number of ether oxygens (including phenoxy) is 1. The molecule has 3 nitrogen and oxygen atoms in total. The summed E-state index contributed by atoms with van der Waals surface area (Å²) in [6.45, 7) is 0. The van der Waals surface area contributed by atoms with E-state index in [9.17, 15) is 0 Å². The van der Waals surface area contributed by atoms with Crippen LogP contribution in [0.4, 0.5) is 0 Å². The van der Waals surface area contributed by atoms with Gasteiger partial charge in [0.1, 0.15) is 12.1 Å². The number of methoxy groups -OCH3 is 1. The highest BCUT2D eigenvalue weighted by Gasteiger charge is 2.02. The van der Waals surface area contributed by atoms with E-state index in [-0.39, 0.29) is 0 Å². The van der Waals surface area contributed by atoms with Crippen molar-refractivity contribution in [3.8, 4) is 5.75 Å². The lowest BCUT2D eigenvalue weighted by Gasteiger charge is -2.03. The summed E-state index contributed by atoms with van der Waals surface area (Å²) in [4.78, 5) is 8.06. The third-order valence-corrected chi connectivity index (χ3v) is 2.40. The van der Waals surface area contributed by atoms with Gasteiger partial charge >= 0.3 is 0 Å². The second-order valence-electron chi connectivity index (χ2n) is 2.57. The van der Waals surface area contributed by atoms with Crippen LogP contribution in [0.1, 0.15) is 0 Å². The van der Waals surface area contributed by atoms with Crippen LogP contribution in [0, 0.1) is 0 Å². The molecular formula is C9H7BrN2O. The van der Waals surface area contributed by atoms with E-state index in [1.165, 1.54) is 6.33 Å². The number of hydrogen-bond acceptors (Lipinski definition) is 3. The Balaban J connectivity index is 2.74. The van der Waals surface area contributed by atoms with Gasteiger partial charge < -0.3 is 4.74 Å². The average Bonchev–Trinajstić information content (AvgIpc) is 2.17. The molecule has 0 aliphatic rings. The van der Waals surface area contributed by atoms with Gasteiger partial charge in [-0.25, -0.2) is 9.97 Å². The van der Waals surface area contributed by atoms with Crippen molar-refractivity contribution in [1.82, 2.24) is 9.97 Å². The van der Waals surface area contributed by atoms with E-state index in [0.29, 0.717) is 0 Å². The second kappa shape index (κ2) is 3.30. The zero-order chi connectivity index (χ0) is 9.26. The fraction of sp³-hybridized carbons (Fsp3) is 0.111. The van der Waals surface area contributed by atoms with Gasteiger partial charge in [0, 0.05) is 11.6 Å². The van der Waals surface area contributed by atoms with E-state index >= 15 is 0 Å². The van der Waals surface area contributed by atoms with Gasteiger partial charge in [-0.1, -0.05) is 0 Å². The van der Waals surface area contributed by atoms with Gasteiger partial charge in [-0.3, -0.25) is 0 Å². The standard InChI is InChI=1S/C9H7BrN2O/c1-13-9-2-6-4-11-5-12-8(6)3-7(9)10/h2-5H,1H3. The van der Waals surface area contributed by atoms with Crippen molar-refractivity contribution in [2.45, 2.75) is 0 Å². The SMILES string of the molecule is COc1cc2cncnc2cc1Br. The predicted molar refractivity (Wildman–Crippen MR) is 53.8 cm³/mol. The fourth-order valence-electron chi connectivity index (χ4n) is 1.14. The third-order valence-electron chi connectivity index (χ3n) is 1.78. The maximum absolute atomic E-state index is 5.15. The minimum atomic E-state index is 0.794. The van der Waals surface area contributed by atoms with Crippen molar-refractivity contribution in [2.24, 2.45) is 0 Å². The molecule has 0 radical (unpaired) electrons. The van der Waals surface area contributed by atoms with Crippen LogP contribution in [-0.4, -0.2) is 17.1 Å². The Hall–Kier alpha value is -1.16. The Morgan fingerprint density at radius 1 is 1.38 bits per heavy atom. The van der Waals surface area contributed by atoms with Crippen LogP contribution < -0.4 is 4.74 Å². The van der Waals surface area contributed by atoms with Gasteiger partial charge in [0.05, 0.1) is 17.1 Å². The van der Waals surface area contributed by atoms with Crippen LogP contribution >= 0.6 is 15.9 Å². The normalized spacial score (nSPS) is 10.3. The van der Waals surface area contributed by atoms with Crippen LogP contribution in [-0.2, 0) is 0 Å². The number of hydrogen-bond donors (Lipinski definition) is 0. The average molecular weight is 239 g/mol. The van der Waals surface area contributed by atoms with Crippen LogP contribution in [0.25, 0.3) is 10.9 Å². The second-order valence-corrected chi connectivity index (χ2v) is 3.42. The molecule has 66 valence electrons. The molecule has 1 aromatic heterocycles. The van der Waals surface area contributed by atoms with Crippen LogP contribution in [0.5, 0.6) is 5.75 Å². The Labute approximate surface area is 83.9 Å². The quantitative estimate of drug-likeness (QED) is 0.766. The largest absolute Gasteiger partial charge is 0.496 e. The first kappa shape index (κ1) is 8.44. The highest BCUT2D eigenvalue weighted by molar-refractivity contribution is 9.10. The number of fused-ring (bicyclic) bond motifs is 1. The molecule has 0 aliphatic carbocycles. The first-order valence-electron chi connectivity index (χ1n) is 3.74. The lowest BCUT2D eigenvalue weighted by atomic mass is 10.2. The maximum Gasteiger partial charge on any atom is 0.133 e. The number of halogens is 1. The van der Waals surface area contributed by atoms with Crippen molar-refractivity contribution in [3.05, 3.63) is 29.1 Å². The molecular weight excluding hydrogens is 232 g/mol. The van der Waals surface area contributed by atoms with Crippen molar-refractivity contribution < 1.29 is 4.74 Å². The molecule has 0 N–H and O–H groups in total. The molecule has 1 heterocycles. The predicted octanol–water partition coefficient (Wildman–Crippen LogP) is 2.40. The highest BCUT2D eigenvalue weighted by Crippen LogP contribution is 2.28. The van der Waals surface area contributed by atoms with E-state index in [1.807, 2.05) is 12.1 Å². The maximum atomic E-state index is 5.15. The van der Waals surface area contributed by atoms with Crippen molar-refractivity contribution in [3.63, 3.8) is 0 Å². The first-order valence-corrected chi connectivity index (χ1v) is 4.54. The number of aromatic nitrogens is 2. The number of benzene rings is 1. The Kier molecular flexibility index (Phi) is 2.14. The number of rotatable bonds is 1. The molecule has 0 bridgehead atoms. The van der Waals surface area contributed by atoms with E-state index in [2.05, 4.69) is 25.9 Å². The van der Waals surface area contributed by atoms with Crippen LogP contribution in [0.3, 0.4) is 0 Å². The topological polar surface area (TPSA) is 35.0 Å². The molecule has 0 amide bonds. The van der Waals surface area contributed by atoms with Gasteiger partial charge in [-0.2, -0.15) is 0 Å². The molecule has 1 aromatic carbocycles. The lowest BCUT2D eigenvalue weighted by Crippen LogP contribution is -1.86. The van der Waals surface area contributed by atoms with E-state index in [4.69, 9.17) is 4.74 Å². The lowest BCUT2D eigenvalue weighted by molar-refractivity contribution is 0.413. The summed E-state index contributed by atoms with van der Waals surface area (Å²) in [5.41, 5.74) is 0.905. The molecule has 0 saturated carbocycles. The Bertz CT molecular complexity index is 445. The first-order chi connectivity index (χ1) is 6.31. The van der Waals surface area contributed by atoms with Gasteiger partial charge in [-0.05, 0) is 28.1 Å². The van der Waals surface area contributed by atoms with Gasteiger partial charge in [0.15, 0.2) is 0 Å². The highest BCUT2D eigenvalue weighted by atomic mass is 79.9. The van der Waals surface area contributed by atoms with E-state index in [1.54, 1.807) is 13.3 Å². The van der Waals surface area contributed by atoms with Crippen molar-refractivity contribution in [1.29, 1.82) is 0 Å². The smallest absolute Gasteiger partial charge is 0.133 e. The summed E-state index contributed by atoms with van der Waals surface area (Å²) < 4.78 is 6.05. The van der Waals surface area contributed by atoms with Gasteiger partial charge in [-0.15, -0.1) is 0 Å². The Morgan fingerprint density at radius 3 is 3.00 bits per heavy atom. The molecule has 0 aliphatic heterocycles. The van der Waals surface area contributed by atoms with E-state index < -0.39 is 0 Å². The zero-order valence-corrected chi connectivity index (χ0v) is 8.58. The molecule has 0 unspecified atom stereocenters. The molecule has 4 heteroatoms. The van der Waals surface area contributed by atoms with E-state index in [0.717, 1.165) is 21.1 Å². The summed E-state index contributed by atoms with van der Waals surface area (Å²) >= 11 is 3.39. The molecule has 2 aromatic rings. The monoisotopic (exact) mass is 238 g/mol. The zero-order valence-electron chi connectivity index (χ0n) is 6.99. The summed E-state index contributed by atoms with van der Waals surface area (Å²) in [5, 5.41) is 0.975. The summed E-state index contributed by atoms with van der Waals surface area (Å²) in [6.07, 6.45) is 3.29. The number of nitrogens with zero attached hydrogens (tertiary/aromatic N) is 2. The van der Waals surface area contributed by atoms with Crippen molar-refractivity contribution >= 4 is 26.8 Å². The molecule has 0 saturated heterocycles. The molecule has 0 atom stereocenters. The van der Waals surface area contributed by atoms with Gasteiger partial charge in [0.25, 0.3) is 0 Å². The summed E-state index contributed by atoms with van der Waals surface area (Å²) in [7, 11) is 1.63. The minimum Gasteiger partial charge on any atom is -0.496 e. The molecule has 13 heavy (non-hydrogen) atoms. The molecule has 0 spiro atoms. The summed E-state index contributed by atoms with van der Waals surface area (Å²) in [6, 6.07) is 3.81. The summed E-state index contributed by atoms with van der Waals surface area (Å²) in [5.74, 6) is 0.794. The van der Waals surface area contributed by atoms with Crippen molar-refractivity contribution in [2.75, 3.05) is 7.11 Å². The van der Waals surface area contributed by atoms with Gasteiger partial charge in [0.2, 0.25) is 0 Å². The fourth-order valence-corrected chi connectivity index (χ4v) is 1.63. The van der Waals surface area contributed by atoms with Crippen LogP contribution in [0.15, 0.2) is 29.1 Å².